The molecule has 0 amide bonds. The Hall–Kier alpha value is -5.34. The van der Waals surface area contributed by atoms with Crippen molar-refractivity contribution in [3.05, 3.63) is 117 Å². The average molecular weight is 872 g/mol. The maximum absolute atomic E-state index is 13.1. The van der Waals surface area contributed by atoms with E-state index in [-0.39, 0.29) is 94.6 Å². The van der Waals surface area contributed by atoms with E-state index < -0.39 is 5.78 Å². The van der Waals surface area contributed by atoms with Gasteiger partial charge in [0.1, 0.15) is 17.9 Å². The lowest BCUT2D eigenvalue weighted by atomic mass is 9.97. The number of hydrogen-bond donors (Lipinski definition) is 0. The minimum absolute atomic E-state index is 0. The smallest absolute Gasteiger partial charge is 0.364 e. The molecule has 4 fully saturated rings. The van der Waals surface area contributed by atoms with Crippen molar-refractivity contribution < 1.29 is 26.5 Å². The van der Waals surface area contributed by atoms with E-state index in [1.54, 1.807) is 12.1 Å². The number of carbonyl (C=O) groups excluding carboxylic acids is 3. The molecule has 3 aromatic heterocycles. The van der Waals surface area contributed by atoms with Gasteiger partial charge in [0.2, 0.25) is 5.78 Å². The Morgan fingerprint density at radius 2 is 1.31 bits per heavy atom. The van der Waals surface area contributed by atoms with E-state index in [0.717, 1.165) is 49.5 Å². The Kier molecular flexibility index (Phi) is 11.0. The summed E-state index contributed by atoms with van der Waals surface area (Å²) in [5.74, 6) is -0.627. The van der Waals surface area contributed by atoms with E-state index in [9.17, 15) is 24.0 Å². The van der Waals surface area contributed by atoms with Crippen molar-refractivity contribution in [3.8, 4) is 12.5 Å². The fourth-order valence-corrected chi connectivity index (χ4v) is 7.39. The first kappa shape index (κ1) is 39.5. The highest BCUT2D eigenvalue weighted by molar-refractivity contribution is 6.40. The van der Waals surface area contributed by atoms with Crippen molar-refractivity contribution in [2.45, 2.75) is 82.5 Å². The highest BCUT2D eigenvalue weighted by Gasteiger charge is 2.37. The van der Waals surface area contributed by atoms with Gasteiger partial charge in [0.25, 0.3) is 0 Å². The first-order valence-electron chi connectivity index (χ1n) is 18.3. The van der Waals surface area contributed by atoms with Crippen LogP contribution in [0.1, 0.15) is 115 Å². The van der Waals surface area contributed by atoms with Crippen molar-refractivity contribution >= 4 is 63.8 Å². The number of Topliss-reactive ketones (excluding diaryl/α,β-unsaturated/α-hetero) is 2. The molecule has 0 bridgehead atoms. The Morgan fingerprint density at radius 1 is 0.776 bits per heavy atom. The van der Waals surface area contributed by atoms with Crippen LogP contribution in [0.3, 0.4) is 0 Å². The van der Waals surface area contributed by atoms with Gasteiger partial charge in [-0.25, -0.2) is 9.59 Å². The molecule has 0 N–H and O–H groups in total. The third-order valence-electron chi connectivity index (χ3n) is 10.1. The lowest BCUT2D eigenvalue weighted by Gasteiger charge is -2.12. The summed E-state index contributed by atoms with van der Waals surface area (Å²) in [6, 6.07) is 6.26. The zero-order valence-electron chi connectivity index (χ0n) is 30.3. The van der Waals surface area contributed by atoms with Gasteiger partial charge in [-0.3, -0.25) is 14.4 Å². The average Bonchev–Trinajstić information content (AvgIpc) is 4.01. The first-order valence-corrected chi connectivity index (χ1v) is 19.9. The Morgan fingerprint density at radius 3 is 1.81 bits per heavy atom. The van der Waals surface area contributed by atoms with Gasteiger partial charge in [0, 0.05) is 47.0 Å². The van der Waals surface area contributed by atoms with Gasteiger partial charge in [0.05, 0.1) is 47.0 Å². The van der Waals surface area contributed by atoms with Crippen LogP contribution in [0, 0.1) is 18.4 Å². The second kappa shape index (κ2) is 16.1. The molecule has 3 heterocycles. The van der Waals surface area contributed by atoms with Gasteiger partial charge in [-0.15, -0.1) is 0 Å². The van der Waals surface area contributed by atoms with E-state index in [1.165, 1.54) is 32.4 Å². The second-order valence-corrected chi connectivity index (χ2v) is 16.0. The van der Waals surface area contributed by atoms with Crippen LogP contribution in [0.4, 0.5) is 0 Å². The van der Waals surface area contributed by atoms with Gasteiger partial charge in [-0.05, 0) is 96.5 Å². The lowest BCUT2D eigenvalue weighted by molar-refractivity contribution is -0.116. The first-order chi connectivity index (χ1) is 28.0. The molecule has 0 unspecified atom stereocenters. The van der Waals surface area contributed by atoms with E-state index in [1.807, 2.05) is 6.11 Å². The summed E-state index contributed by atoms with van der Waals surface area (Å²) in [6.07, 6.45) is 16.4. The number of terminal acetylenes is 1. The number of nitrogens with zero attached hydrogens (tertiary/aromatic N) is 9. The van der Waals surface area contributed by atoms with Crippen molar-refractivity contribution in [2.24, 2.45) is 5.92 Å². The minimum Gasteiger partial charge on any atom is -0.415 e. The third-order valence-corrected chi connectivity index (χ3v) is 11.7. The third kappa shape index (κ3) is 8.04. The van der Waals surface area contributed by atoms with Crippen molar-refractivity contribution in [2.75, 3.05) is 0 Å². The molecular weight excluding hydrogens is 836 g/mol. The maximum Gasteiger partial charge on any atom is 0.364 e. The number of benzene rings is 2. The van der Waals surface area contributed by atoms with Gasteiger partial charge in [-0.1, -0.05) is 58.0 Å². The number of hydrogen-bond acceptors (Lipinski definition) is 12. The molecule has 0 aliphatic heterocycles. The second-order valence-electron chi connectivity index (χ2n) is 14.4. The summed E-state index contributed by atoms with van der Waals surface area (Å²) in [7, 11) is 0. The van der Waals surface area contributed by atoms with Gasteiger partial charge in [0.15, 0.2) is 17.3 Å². The summed E-state index contributed by atoms with van der Waals surface area (Å²) in [5.41, 5.74) is 0.647. The molecule has 20 heteroatoms. The molecule has 0 spiro atoms. The van der Waals surface area contributed by atoms with Crippen LogP contribution in [-0.2, 0) is 22.6 Å². The molecule has 0 saturated heterocycles. The minimum atomic E-state index is -0.626. The van der Waals surface area contributed by atoms with Crippen molar-refractivity contribution in [1.29, 1.82) is 0 Å². The van der Waals surface area contributed by atoms with Crippen LogP contribution in [-0.4, -0.2) is 62.1 Å². The largest absolute Gasteiger partial charge is 0.415 e. The molecule has 5 aromatic rings. The number of allylic oxidation sites excluding steroid dienone is 1. The predicted molar refractivity (Wildman–Crippen MR) is 212 cm³/mol. The number of halogens is 4. The quantitative estimate of drug-likeness (QED) is 0.0294. The topological polar surface area (TPSA) is 192 Å². The van der Waals surface area contributed by atoms with Crippen molar-refractivity contribution in [3.63, 3.8) is 0 Å². The predicted octanol–water partition coefficient (Wildman–Crippen LogP) is 6.50. The van der Waals surface area contributed by atoms with E-state index in [2.05, 4.69) is 26.0 Å². The molecule has 0 radical (unpaired) electrons. The Labute approximate surface area is 351 Å². The van der Waals surface area contributed by atoms with Crippen LogP contribution >= 0.6 is 46.4 Å². The molecule has 4 saturated carbocycles. The lowest BCUT2D eigenvalue weighted by Crippen LogP contribution is -2.25. The SMILES string of the molecule is C#COC=C(C(=O)c1ccc(Cl)c(Cn2nnn(C3CC3)c2=O)c1Cl)C(=O)C1CC1.O=C(c1cnoc1C1CC1)c1ccc(Cl)c(Cn2nnn(C3CC3)c2=O)c1Cl.[HH].[HH]. The van der Waals surface area contributed by atoms with E-state index in [0.29, 0.717) is 40.3 Å². The van der Waals surface area contributed by atoms with Crippen LogP contribution in [0.25, 0.3) is 0 Å². The fourth-order valence-electron chi connectivity index (χ4n) is 6.23. The Balaban J connectivity index is 0.000000195. The zero-order valence-corrected chi connectivity index (χ0v) is 33.3. The van der Waals surface area contributed by atoms with Crippen LogP contribution < -0.4 is 11.4 Å². The summed E-state index contributed by atoms with van der Waals surface area (Å²) >= 11 is 25.6. The summed E-state index contributed by atoms with van der Waals surface area (Å²) < 4.78 is 15.1. The maximum atomic E-state index is 13.1. The van der Waals surface area contributed by atoms with Crippen molar-refractivity contribution in [1.82, 2.24) is 44.7 Å². The molecule has 4 aliphatic carbocycles. The van der Waals surface area contributed by atoms with Crippen LogP contribution in [0.15, 0.2) is 56.4 Å². The van der Waals surface area contributed by atoms with Crippen LogP contribution in [0.2, 0.25) is 20.1 Å². The molecule has 4 aliphatic rings. The monoisotopic (exact) mass is 869 g/mol. The van der Waals surface area contributed by atoms with Crippen LogP contribution in [0.5, 0.6) is 0 Å². The number of ether oxygens (including phenoxy) is 1. The number of carbonyl (C=O) groups is 3. The molecular formula is C38H35Cl4N9O7. The number of rotatable bonds is 14. The van der Waals surface area contributed by atoms with Gasteiger partial charge in [-0.2, -0.15) is 18.7 Å². The molecule has 58 heavy (non-hydrogen) atoms. The molecule has 16 nitrogen and oxygen atoms in total. The molecule has 302 valence electrons. The number of tetrazole rings is 2. The highest BCUT2D eigenvalue weighted by Crippen LogP contribution is 2.43. The number of ketones is 3. The Bertz CT molecular complexity index is 2680. The standard InChI is InChI=1S/C20H16Cl2N4O4.C18H15Cl2N5O3.2H2/c1-2-30-10-15(18(27)11-3-4-11)19(28)13-7-8-16(21)14(17(13)22)9-25-20(29)26(24-23-25)12-5-6-12;19-14-6-5-11(16(26)12-7-21-28-17(12)9-1-2-9)15(20)13(14)8-24-18(27)25(23-22-24)10-3-4-10;;/h1,7-8,10-12H,3-6,9H2;5-7,9-10H,1-4,8H2;2*1H. The molecule has 9 rings (SSSR count). The highest BCUT2D eigenvalue weighted by atomic mass is 35.5. The zero-order chi connectivity index (χ0) is 40.8. The van der Waals surface area contributed by atoms with E-state index in [4.69, 9.17) is 62.1 Å². The fraction of sp³-hybridized carbons (Fsp3) is 0.368. The summed E-state index contributed by atoms with van der Waals surface area (Å²) in [5, 5.41) is 20.2. The normalized spacial score (nSPS) is 16.4. The summed E-state index contributed by atoms with van der Waals surface area (Å²) in [6.45, 7) is -0.0374. The molecule has 2 aromatic carbocycles. The number of aromatic nitrogens is 9. The van der Waals surface area contributed by atoms with Gasteiger partial charge >= 0.3 is 11.4 Å². The van der Waals surface area contributed by atoms with E-state index >= 15 is 0 Å². The molecule has 0 atom stereocenters. The van der Waals surface area contributed by atoms with Gasteiger partial charge < -0.3 is 9.26 Å². The summed E-state index contributed by atoms with van der Waals surface area (Å²) in [4.78, 5) is 63.5.